The molecule has 8 heteroatoms. The lowest BCUT2D eigenvalue weighted by Crippen LogP contribution is -2.24. The van der Waals surface area contributed by atoms with Gasteiger partial charge in [0.25, 0.3) is 5.56 Å². The highest BCUT2D eigenvalue weighted by Crippen LogP contribution is 2.39. The third-order valence-electron chi connectivity index (χ3n) is 5.55. The van der Waals surface area contributed by atoms with E-state index in [0.717, 1.165) is 28.1 Å². The molecule has 0 spiro atoms. The second-order valence-corrected chi connectivity index (χ2v) is 8.66. The van der Waals surface area contributed by atoms with Crippen LogP contribution in [-0.4, -0.2) is 20.8 Å². The molecule has 3 aromatic carbocycles. The van der Waals surface area contributed by atoms with Gasteiger partial charge in [0, 0.05) is 26.7 Å². The number of hydrogen-bond donors (Lipinski definition) is 3. The number of nitrogens with one attached hydrogen (secondary N) is 2. The van der Waals surface area contributed by atoms with Crippen LogP contribution in [0.3, 0.4) is 0 Å². The quantitative estimate of drug-likeness (QED) is 0.333. The van der Waals surface area contributed by atoms with Crippen molar-refractivity contribution in [2.45, 2.75) is 0 Å². The van der Waals surface area contributed by atoms with Crippen LogP contribution in [0, 0.1) is 0 Å². The predicted molar refractivity (Wildman–Crippen MR) is 140 cm³/mol. The summed E-state index contributed by atoms with van der Waals surface area (Å²) in [4.78, 5) is 33.6. The number of allylic oxidation sites excluding steroid dienone is 3. The van der Waals surface area contributed by atoms with Gasteiger partial charge in [-0.25, -0.2) is 9.79 Å². The average molecular weight is 502 g/mol. The van der Waals surface area contributed by atoms with Gasteiger partial charge in [-0.2, -0.15) is 0 Å². The summed E-state index contributed by atoms with van der Waals surface area (Å²) >= 11 is 12.3. The highest BCUT2D eigenvalue weighted by atomic mass is 35.5. The van der Waals surface area contributed by atoms with E-state index >= 15 is 0 Å². The third kappa shape index (κ3) is 4.49. The molecule has 0 bridgehead atoms. The van der Waals surface area contributed by atoms with Crippen LogP contribution in [0.2, 0.25) is 10.0 Å². The Labute approximate surface area is 209 Å². The van der Waals surface area contributed by atoms with Crippen LogP contribution in [0.25, 0.3) is 11.1 Å². The van der Waals surface area contributed by atoms with Crippen molar-refractivity contribution in [3.05, 3.63) is 138 Å². The third-order valence-corrected chi connectivity index (χ3v) is 6.03. The maximum absolute atomic E-state index is 12.7. The number of hydrogen-bond acceptors (Lipinski definition) is 4. The summed E-state index contributed by atoms with van der Waals surface area (Å²) in [5, 5.41) is 11.6. The molecule has 0 aliphatic carbocycles. The minimum absolute atomic E-state index is 0.0775. The van der Waals surface area contributed by atoms with Gasteiger partial charge in [-0.3, -0.25) is 14.8 Å². The zero-order chi connectivity index (χ0) is 24.5. The zero-order valence-corrected chi connectivity index (χ0v) is 19.6. The Bertz CT molecular complexity index is 1650. The second-order valence-electron chi connectivity index (χ2n) is 7.79. The molecular weight excluding hydrogens is 485 g/mol. The Morgan fingerprint density at radius 1 is 0.886 bits per heavy atom. The van der Waals surface area contributed by atoms with Crippen LogP contribution in [0.4, 0.5) is 5.69 Å². The van der Waals surface area contributed by atoms with Crippen molar-refractivity contribution in [3.8, 4) is 5.88 Å². The maximum Gasteiger partial charge on any atom is 0.328 e. The van der Waals surface area contributed by atoms with E-state index in [4.69, 9.17) is 28.2 Å². The number of aliphatic imine (C=N–C) groups is 1. The molecule has 1 aliphatic rings. The smallest absolute Gasteiger partial charge is 0.328 e. The van der Waals surface area contributed by atoms with E-state index < -0.39 is 17.1 Å². The van der Waals surface area contributed by atoms with Crippen molar-refractivity contribution in [1.82, 2.24) is 9.97 Å². The van der Waals surface area contributed by atoms with Crippen molar-refractivity contribution in [3.63, 3.8) is 0 Å². The number of benzene rings is 3. The van der Waals surface area contributed by atoms with Gasteiger partial charge in [0.05, 0.1) is 11.4 Å². The average Bonchev–Trinajstić information content (AvgIpc) is 3.19. The first-order valence-electron chi connectivity index (χ1n) is 10.6. The predicted octanol–water partition coefficient (Wildman–Crippen LogP) is 5.73. The number of aromatic amines is 2. The molecule has 0 radical (unpaired) electrons. The van der Waals surface area contributed by atoms with Crippen molar-refractivity contribution in [2.24, 2.45) is 4.99 Å². The van der Waals surface area contributed by atoms with E-state index in [0.29, 0.717) is 21.2 Å². The molecule has 0 fully saturated rings. The minimum atomic E-state index is -0.803. The molecule has 0 saturated carbocycles. The van der Waals surface area contributed by atoms with Crippen LogP contribution in [0.15, 0.2) is 99.5 Å². The molecule has 1 aromatic heterocycles. The van der Waals surface area contributed by atoms with Crippen LogP contribution < -0.4 is 11.2 Å². The van der Waals surface area contributed by atoms with Crippen LogP contribution in [-0.2, 0) is 0 Å². The molecule has 0 atom stereocenters. The summed E-state index contributed by atoms with van der Waals surface area (Å²) < 4.78 is 0. The molecule has 6 nitrogen and oxygen atoms in total. The highest BCUT2D eigenvalue weighted by molar-refractivity contribution is 6.37. The zero-order valence-electron chi connectivity index (χ0n) is 18.0. The van der Waals surface area contributed by atoms with Crippen molar-refractivity contribution >= 4 is 45.7 Å². The monoisotopic (exact) mass is 501 g/mol. The number of halogens is 2. The van der Waals surface area contributed by atoms with Crippen molar-refractivity contribution in [2.75, 3.05) is 0 Å². The summed E-state index contributed by atoms with van der Waals surface area (Å²) in [5.41, 5.74) is 3.45. The van der Waals surface area contributed by atoms with E-state index in [1.807, 2.05) is 48.5 Å². The normalized spacial score (nSPS) is 14.2. The number of fused-ring (bicyclic) bond motifs is 1. The number of rotatable bonds is 4. The SMILES string of the molecule is O=c1[nH]c(O)c(/C(=C\C=C2/C(c3ccccc3)=Nc3ccc(Cl)cc32)c2ccc(Cl)cc2)c(=O)[nH]1. The fraction of sp³-hybridized carbons (Fsp3) is 0. The van der Waals surface area contributed by atoms with Gasteiger partial charge in [0.1, 0.15) is 5.56 Å². The number of nitrogens with zero attached hydrogens (tertiary/aromatic N) is 1. The van der Waals surface area contributed by atoms with Crippen LogP contribution in [0.5, 0.6) is 5.88 Å². The first kappa shape index (κ1) is 22.7. The molecule has 3 N–H and O–H groups in total. The van der Waals surface area contributed by atoms with E-state index in [-0.39, 0.29) is 5.56 Å². The summed E-state index contributed by atoms with van der Waals surface area (Å²) in [5.74, 6) is -0.537. The standard InChI is InChI=1S/C27H17Cl2N3O3/c28-17-8-6-15(7-9-17)19(23-25(33)31-27(35)32-26(23)34)11-12-20-21-14-18(29)10-13-22(21)30-24(20)16-4-2-1-3-5-16/h1-14H,(H3,31,32,33,34,35)/b19-11-,20-12-. The van der Waals surface area contributed by atoms with Crippen molar-refractivity contribution in [1.29, 1.82) is 0 Å². The molecular formula is C27H17Cl2N3O3. The molecule has 0 saturated heterocycles. The van der Waals surface area contributed by atoms with E-state index in [1.165, 1.54) is 0 Å². The molecule has 35 heavy (non-hydrogen) atoms. The number of aromatic nitrogens is 2. The van der Waals surface area contributed by atoms with E-state index in [2.05, 4.69) is 9.97 Å². The Balaban J connectivity index is 1.75. The molecule has 1 aliphatic heterocycles. The minimum Gasteiger partial charge on any atom is -0.494 e. The molecule has 4 aromatic rings. The molecule has 5 rings (SSSR count). The van der Waals surface area contributed by atoms with E-state index in [1.54, 1.807) is 36.4 Å². The fourth-order valence-electron chi connectivity index (χ4n) is 3.96. The summed E-state index contributed by atoms with van der Waals surface area (Å²) in [6.07, 6.45) is 3.53. The molecule has 172 valence electrons. The summed E-state index contributed by atoms with van der Waals surface area (Å²) in [6.45, 7) is 0. The second kappa shape index (κ2) is 9.25. The summed E-state index contributed by atoms with van der Waals surface area (Å²) in [7, 11) is 0. The van der Waals surface area contributed by atoms with E-state index in [9.17, 15) is 14.7 Å². The van der Waals surface area contributed by atoms with Gasteiger partial charge >= 0.3 is 5.69 Å². The lowest BCUT2D eigenvalue weighted by molar-refractivity contribution is 0.446. The number of H-pyrrole nitrogens is 2. The Kier molecular flexibility index (Phi) is 5.99. The topological polar surface area (TPSA) is 98.3 Å². The molecule has 0 unspecified atom stereocenters. The first-order chi connectivity index (χ1) is 16.9. The maximum atomic E-state index is 12.7. The van der Waals surface area contributed by atoms with Gasteiger partial charge in [-0.1, -0.05) is 77.8 Å². The van der Waals surface area contributed by atoms with Gasteiger partial charge in [0.2, 0.25) is 5.88 Å². The Morgan fingerprint density at radius 3 is 2.31 bits per heavy atom. The van der Waals surface area contributed by atoms with Crippen LogP contribution >= 0.6 is 23.2 Å². The largest absolute Gasteiger partial charge is 0.494 e. The van der Waals surface area contributed by atoms with Crippen LogP contribution in [0.1, 0.15) is 22.3 Å². The summed E-state index contributed by atoms with van der Waals surface area (Å²) in [6, 6.07) is 22.0. The number of aromatic hydroxyl groups is 1. The van der Waals surface area contributed by atoms with Gasteiger partial charge < -0.3 is 5.11 Å². The first-order valence-corrected chi connectivity index (χ1v) is 11.3. The van der Waals surface area contributed by atoms with Gasteiger partial charge in [0.15, 0.2) is 0 Å². The Morgan fingerprint density at radius 2 is 1.60 bits per heavy atom. The van der Waals surface area contributed by atoms with Gasteiger partial charge in [-0.05, 0) is 41.5 Å². The fourth-order valence-corrected chi connectivity index (χ4v) is 4.26. The lowest BCUT2D eigenvalue weighted by atomic mass is 9.94. The van der Waals surface area contributed by atoms with Crippen molar-refractivity contribution < 1.29 is 5.11 Å². The molecule has 2 heterocycles. The Hall–Kier alpha value is -4.13. The molecule has 0 amide bonds. The van der Waals surface area contributed by atoms with Gasteiger partial charge in [-0.15, -0.1) is 0 Å². The highest BCUT2D eigenvalue weighted by Gasteiger charge is 2.23. The lowest BCUT2D eigenvalue weighted by Gasteiger charge is -2.10.